The van der Waals surface area contributed by atoms with Crippen LogP contribution in [0.4, 0.5) is 0 Å². The van der Waals surface area contributed by atoms with Crippen LogP contribution < -0.4 is 5.32 Å². The summed E-state index contributed by atoms with van der Waals surface area (Å²) in [4.78, 5) is 1.41. The number of ether oxygens (including phenoxy) is 1. The van der Waals surface area contributed by atoms with Crippen LogP contribution in [0, 0.1) is 5.92 Å². The highest BCUT2D eigenvalue weighted by Gasteiger charge is 2.39. The van der Waals surface area contributed by atoms with Crippen LogP contribution in [0.15, 0.2) is 10.5 Å². The van der Waals surface area contributed by atoms with E-state index in [1.165, 1.54) is 11.3 Å². The average Bonchev–Trinajstić information content (AvgIpc) is 2.95. The number of halogens is 2. The van der Waals surface area contributed by atoms with Crippen molar-refractivity contribution in [2.45, 2.75) is 12.3 Å². The summed E-state index contributed by atoms with van der Waals surface area (Å²) < 4.78 is 6.89. The number of hydrogen-bond acceptors (Lipinski definition) is 3. The summed E-state index contributed by atoms with van der Waals surface area (Å²) in [5, 5.41) is 3.40. The van der Waals surface area contributed by atoms with Crippen molar-refractivity contribution in [3.05, 3.63) is 19.8 Å². The van der Waals surface area contributed by atoms with Gasteiger partial charge in [-0.3, -0.25) is 0 Å². The molecule has 5 heteroatoms. The Bertz CT molecular complexity index is 338. The summed E-state index contributed by atoms with van der Waals surface area (Å²) >= 11 is 11.2. The molecule has 2 unspecified atom stereocenters. The number of hydrogen-bond donors (Lipinski definition) is 1. The van der Waals surface area contributed by atoms with Gasteiger partial charge in [-0.05, 0) is 46.8 Å². The predicted molar refractivity (Wildman–Crippen MR) is 72.6 cm³/mol. The zero-order valence-electron chi connectivity index (χ0n) is 9.13. The van der Waals surface area contributed by atoms with E-state index in [1.807, 2.05) is 0 Å². The van der Waals surface area contributed by atoms with E-state index in [0.717, 1.165) is 34.4 Å². The molecule has 0 amide bonds. The summed E-state index contributed by atoms with van der Waals surface area (Å²) in [6.07, 6.45) is 1.28. The lowest BCUT2D eigenvalue weighted by atomic mass is 10.2. The molecule has 0 radical (unpaired) electrons. The van der Waals surface area contributed by atoms with Crippen LogP contribution in [-0.4, -0.2) is 26.8 Å². The van der Waals surface area contributed by atoms with E-state index in [9.17, 15) is 0 Å². The summed E-state index contributed by atoms with van der Waals surface area (Å²) in [5.74, 6) is 1.49. The lowest BCUT2D eigenvalue weighted by Crippen LogP contribution is -2.21. The maximum atomic E-state index is 6.03. The Balaban J connectivity index is 1.74. The van der Waals surface area contributed by atoms with Gasteiger partial charge in [0.15, 0.2) is 0 Å². The van der Waals surface area contributed by atoms with Gasteiger partial charge in [-0.25, -0.2) is 0 Å². The van der Waals surface area contributed by atoms with Crippen LogP contribution in [0.5, 0.6) is 0 Å². The van der Waals surface area contributed by atoms with Gasteiger partial charge in [0.05, 0.1) is 6.61 Å². The van der Waals surface area contributed by atoms with E-state index in [-0.39, 0.29) is 0 Å². The van der Waals surface area contributed by atoms with Gasteiger partial charge in [0, 0.05) is 23.0 Å². The number of methoxy groups -OCH3 is 1. The molecule has 1 heterocycles. The summed E-state index contributed by atoms with van der Waals surface area (Å²) in [7, 11) is 1.73. The molecule has 0 aromatic carbocycles. The predicted octanol–water partition coefficient (Wildman–Crippen LogP) is 3.50. The third-order valence-corrected chi connectivity index (χ3v) is 5.45. The Morgan fingerprint density at radius 1 is 1.69 bits per heavy atom. The Morgan fingerprint density at radius 2 is 2.50 bits per heavy atom. The molecule has 0 aliphatic heterocycles. The van der Waals surface area contributed by atoms with Crippen molar-refractivity contribution in [1.82, 2.24) is 5.32 Å². The van der Waals surface area contributed by atoms with Crippen molar-refractivity contribution in [2.24, 2.45) is 5.92 Å². The standard InChI is InChI=1S/C11H15BrClNOS/c1-15-3-2-14-6-7-4-8(7)10-5-9(12)11(13)16-10/h5,7-8,14H,2-4,6H2,1H3. The molecule has 1 aliphatic rings. The van der Waals surface area contributed by atoms with Crippen molar-refractivity contribution in [3.63, 3.8) is 0 Å². The largest absolute Gasteiger partial charge is 0.383 e. The van der Waals surface area contributed by atoms with Crippen LogP contribution >= 0.6 is 38.9 Å². The number of nitrogens with one attached hydrogen (secondary N) is 1. The highest BCUT2D eigenvalue weighted by Crippen LogP contribution is 2.51. The molecule has 16 heavy (non-hydrogen) atoms. The monoisotopic (exact) mass is 323 g/mol. The Kier molecular flexibility index (Phi) is 4.67. The highest BCUT2D eigenvalue weighted by molar-refractivity contribution is 9.10. The fourth-order valence-corrected chi connectivity index (χ4v) is 3.77. The second kappa shape index (κ2) is 5.83. The minimum Gasteiger partial charge on any atom is -0.383 e. The molecule has 0 bridgehead atoms. The van der Waals surface area contributed by atoms with Crippen LogP contribution in [0.25, 0.3) is 0 Å². The van der Waals surface area contributed by atoms with Crippen molar-refractivity contribution in [3.8, 4) is 0 Å². The van der Waals surface area contributed by atoms with Gasteiger partial charge >= 0.3 is 0 Å². The molecule has 0 spiro atoms. The molecular formula is C11H15BrClNOS. The summed E-state index contributed by atoms with van der Waals surface area (Å²) in [6.45, 7) is 2.81. The van der Waals surface area contributed by atoms with Crippen LogP contribution in [0.2, 0.25) is 4.34 Å². The highest BCUT2D eigenvalue weighted by atomic mass is 79.9. The van der Waals surface area contributed by atoms with Gasteiger partial charge in [0.1, 0.15) is 4.34 Å². The topological polar surface area (TPSA) is 21.3 Å². The summed E-state index contributed by atoms with van der Waals surface area (Å²) in [6, 6.07) is 2.16. The van der Waals surface area contributed by atoms with Crippen molar-refractivity contribution >= 4 is 38.9 Å². The molecule has 1 saturated carbocycles. The van der Waals surface area contributed by atoms with Crippen LogP contribution in [0.1, 0.15) is 17.2 Å². The lowest BCUT2D eigenvalue weighted by molar-refractivity contribution is 0.199. The number of thiophene rings is 1. The fourth-order valence-electron chi connectivity index (χ4n) is 1.83. The fraction of sp³-hybridized carbons (Fsp3) is 0.636. The molecular weight excluding hydrogens is 310 g/mol. The Morgan fingerprint density at radius 3 is 3.12 bits per heavy atom. The third kappa shape index (κ3) is 3.20. The maximum Gasteiger partial charge on any atom is 0.107 e. The first-order valence-electron chi connectivity index (χ1n) is 5.36. The molecule has 1 fully saturated rings. The molecule has 1 aromatic heterocycles. The average molecular weight is 325 g/mol. The first-order chi connectivity index (χ1) is 7.72. The first-order valence-corrected chi connectivity index (χ1v) is 7.35. The third-order valence-electron chi connectivity index (χ3n) is 2.84. The summed E-state index contributed by atoms with van der Waals surface area (Å²) in [5.41, 5.74) is 0. The van der Waals surface area contributed by atoms with E-state index in [1.54, 1.807) is 18.4 Å². The molecule has 2 nitrogen and oxygen atoms in total. The Hall–Kier alpha value is 0.390. The van der Waals surface area contributed by atoms with Crippen LogP contribution in [-0.2, 0) is 4.74 Å². The molecule has 2 atom stereocenters. The van der Waals surface area contributed by atoms with Gasteiger partial charge < -0.3 is 10.1 Å². The first kappa shape index (κ1) is 12.8. The van der Waals surface area contributed by atoms with Crippen molar-refractivity contribution < 1.29 is 4.74 Å². The second-order valence-electron chi connectivity index (χ2n) is 4.07. The van der Waals surface area contributed by atoms with Crippen LogP contribution in [0.3, 0.4) is 0 Å². The van der Waals surface area contributed by atoms with Gasteiger partial charge in [-0.1, -0.05) is 11.6 Å². The Labute approximate surface area is 113 Å². The molecule has 1 aromatic rings. The smallest absolute Gasteiger partial charge is 0.107 e. The lowest BCUT2D eigenvalue weighted by Gasteiger charge is -2.02. The van der Waals surface area contributed by atoms with Gasteiger partial charge in [-0.2, -0.15) is 0 Å². The molecule has 1 N–H and O–H groups in total. The quantitative estimate of drug-likeness (QED) is 0.809. The molecule has 1 aliphatic carbocycles. The number of rotatable bonds is 6. The SMILES string of the molecule is COCCNCC1CC1c1cc(Br)c(Cl)s1. The second-order valence-corrected chi connectivity index (χ2v) is 6.61. The zero-order valence-corrected chi connectivity index (χ0v) is 12.3. The van der Waals surface area contributed by atoms with Gasteiger partial charge in [0.2, 0.25) is 0 Å². The van der Waals surface area contributed by atoms with Crippen molar-refractivity contribution in [2.75, 3.05) is 26.8 Å². The maximum absolute atomic E-state index is 6.03. The molecule has 0 saturated heterocycles. The normalized spacial score (nSPS) is 23.7. The van der Waals surface area contributed by atoms with E-state index in [0.29, 0.717) is 5.92 Å². The van der Waals surface area contributed by atoms with Gasteiger partial charge in [-0.15, -0.1) is 11.3 Å². The van der Waals surface area contributed by atoms with Crippen molar-refractivity contribution in [1.29, 1.82) is 0 Å². The van der Waals surface area contributed by atoms with E-state index in [4.69, 9.17) is 16.3 Å². The molecule has 90 valence electrons. The van der Waals surface area contributed by atoms with E-state index >= 15 is 0 Å². The molecule has 2 rings (SSSR count). The zero-order chi connectivity index (χ0) is 11.5. The van der Waals surface area contributed by atoms with E-state index in [2.05, 4.69) is 27.3 Å². The van der Waals surface area contributed by atoms with E-state index < -0.39 is 0 Å². The minimum atomic E-state index is 0.712. The minimum absolute atomic E-state index is 0.712. The van der Waals surface area contributed by atoms with Gasteiger partial charge in [0.25, 0.3) is 0 Å².